The van der Waals surface area contributed by atoms with Crippen molar-refractivity contribution in [3.8, 4) is 5.75 Å². The molecule has 0 radical (unpaired) electrons. The first kappa shape index (κ1) is 13.8. The van der Waals surface area contributed by atoms with Gasteiger partial charge in [0.15, 0.2) is 0 Å². The Bertz CT molecular complexity index is 439. The highest BCUT2D eigenvalue weighted by Gasteiger charge is 2.39. The molecule has 1 heterocycles. The number of phenolic OH excluding ortho intramolecular Hbond substituents is 1. The Morgan fingerprint density at radius 1 is 1.32 bits per heavy atom. The number of hydrogen-bond donors (Lipinski definition) is 3. The number of primary amides is 1. The SMILES string of the molecule is CC(C(N)=O)(c1ccc(O)cc1)N1CCCNCC1. The van der Waals surface area contributed by atoms with E-state index in [2.05, 4.69) is 10.2 Å². The normalized spacial score (nSPS) is 20.5. The highest BCUT2D eigenvalue weighted by atomic mass is 16.3. The number of nitrogens with one attached hydrogen (secondary N) is 1. The predicted molar refractivity (Wildman–Crippen MR) is 73.7 cm³/mol. The first-order chi connectivity index (χ1) is 9.05. The minimum atomic E-state index is -0.834. The van der Waals surface area contributed by atoms with Crippen LogP contribution >= 0.6 is 0 Å². The smallest absolute Gasteiger partial charge is 0.242 e. The minimum Gasteiger partial charge on any atom is -0.508 e. The molecule has 0 saturated carbocycles. The third kappa shape index (κ3) is 2.72. The van der Waals surface area contributed by atoms with Gasteiger partial charge in [-0.1, -0.05) is 12.1 Å². The van der Waals surface area contributed by atoms with Crippen LogP contribution in [0.3, 0.4) is 0 Å². The van der Waals surface area contributed by atoms with Gasteiger partial charge in [0.2, 0.25) is 5.91 Å². The standard InChI is InChI=1S/C14H21N3O2/c1-14(13(15)19,11-3-5-12(18)6-4-11)17-9-2-7-16-8-10-17/h3-6,16,18H,2,7-10H2,1H3,(H2,15,19). The van der Waals surface area contributed by atoms with Gasteiger partial charge in [-0.3, -0.25) is 9.69 Å². The summed E-state index contributed by atoms with van der Waals surface area (Å²) in [6.07, 6.45) is 0.987. The number of phenols is 1. The van der Waals surface area contributed by atoms with E-state index in [9.17, 15) is 9.90 Å². The number of carbonyl (C=O) groups is 1. The molecule has 1 unspecified atom stereocenters. The second-order valence-corrected chi connectivity index (χ2v) is 5.07. The van der Waals surface area contributed by atoms with E-state index in [4.69, 9.17) is 5.73 Å². The molecule has 19 heavy (non-hydrogen) atoms. The Morgan fingerprint density at radius 3 is 2.63 bits per heavy atom. The van der Waals surface area contributed by atoms with Crippen molar-refractivity contribution in [1.82, 2.24) is 10.2 Å². The molecule has 1 aromatic rings. The van der Waals surface area contributed by atoms with Crippen LogP contribution in [-0.4, -0.2) is 42.1 Å². The van der Waals surface area contributed by atoms with Crippen molar-refractivity contribution < 1.29 is 9.90 Å². The number of amides is 1. The number of nitrogens with zero attached hydrogens (tertiary/aromatic N) is 1. The van der Waals surface area contributed by atoms with E-state index in [1.54, 1.807) is 24.3 Å². The van der Waals surface area contributed by atoms with Crippen molar-refractivity contribution in [2.24, 2.45) is 5.73 Å². The fraction of sp³-hybridized carbons (Fsp3) is 0.500. The van der Waals surface area contributed by atoms with Crippen LogP contribution in [0, 0.1) is 0 Å². The number of hydrogen-bond acceptors (Lipinski definition) is 4. The van der Waals surface area contributed by atoms with Gasteiger partial charge in [-0.15, -0.1) is 0 Å². The molecule has 1 aliphatic rings. The van der Waals surface area contributed by atoms with Gasteiger partial charge < -0.3 is 16.2 Å². The van der Waals surface area contributed by atoms with Crippen molar-refractivity contribution in [3.63, 3.8) is 0 Å². The fourth-order valence-electron chi connectivity index (χ4n) is 2.56. The monoisotopic (exact) mass is 263 g/mol. The highest BCUT2D eigenvalue weighted by molar-refractivity contribution is 5.85. The molecule has 0 aromatic heterocycles. The summed E-state index contributed by atoms with van der Waals surface area (Å²) in [5, 5.41) is 12.7. The van der Waals surface area contributed by atoms with Crippen LogP contribution in [0.25, 0.3) is 0 Å². The summed E-state index contributed by atoms with van der Waals surface area (Å²) in [6.45, 7) is 5.27. The summed E-state index contributed by atoms with van der Waals surface area (Å²) < 4.78 is 0. The van der Waals surface area contributed by atoms with Gasteiger partial charge in [0.05, 0.1) is 0 Å². The lowest BCUT2D eigenvalue weighted by atomic mass is 9.88. The molecule has 1 aromatic carbocycles. The molecule has 0 spiro atoms. The number of carbonyl (C=O) groups excluding carboxylic acids is 1. The maximum atomic E-state index is 12.0. The maximum absolute atomic E-state index is 12.0. The molecule has 1 saturated heterocycles. The van der Waals surface area contributed by atoms with Crippen molar-refractivity contribution in [2.75, 3.05) is 26.2 Å². The van der Waals surface area contributed by atoms with Crippen LogP contribution in [0.5, 0.6) is 5.75 Å². The van der Waals surface area contributed by atoms with E-state index < -0.39 is 5.54 Å². The summed E-state index contributed by atoms with van der Waals surface area (Å²) in [7, 11) is 0. The lowest BCUT2D eigenvalue weighted by Crippen LogP contribution is -2.54. The average molecular weight is 263 g/mol. The Labute approximate surface area is 113 Å². The minimum absolute atomic E-state index is 0.188. The van der Waals surface area contributed by atoms with Crippen LogP contribution in [0.15, 0.2) is 24.3 Å². The molecule has 1 fully saturated rings. The van der Waals surface area contributed by atoms with Gasteiger partial charge in [0, 0.05) is 19.6 Å². The summed E-state index contributed by atoms with van der Waals surface area (Å²) in [4.78, 5) is 14.1. The molecule has 1 aliphatic heterocycles. The Balaban J connectivity index is 2.35. The fourth-order valence-corrected chi connectivity index (χ4v) is 2.56. The molecular weight excluding hydrogens is 242 g/mol. The van der Waals surface area contributed by atoms with Gasteiger partial charge in [-0.25, -0.2) is 0 Å². The zero-order valence-electron chi connectivity index (χ0n) is 11.2. The molecule has 5 heteroatoms. The van der Waals surface area contributed by atoms with Crippen LogP contribution < -0.4 is 11.1 Å². The molecule has 2 rings (SSSR count). The van der Waals surface area contributed by atoms with Crippen LogP contribution in [0.1, 0.15) is 18.9 Å². The lowest BCUT2D eigenvalue weighted by Gasteiger charge is -2.38. The predicted octanol–water partition coefficient (Wildman–Crippen LogP) is 0.388. The molecular formula is C14H21N3O2. The summed E-state index contributed by atoms with van der Waals surface area (Å²) in [5.74, 6) is -0.173. The molecule has 4 N–H and O–H groups in total. The Morgan fingerprint density at radius 2 is 2.00 bits per heavy atom. The van der Waals surface area contributed by atoms with Gasteiger partial charge in [-0.05, 0) is 37.6 Å². The molecule has 1 amide bonds. The van der Waals surface area contributed by atoms with Crippen molar-refractivity contribution >= 4 is 5.91 Å². The summed E-state index contributed by atoms with van der Waals surface area (Å²) >= 11 is 0. The number of nitrogens with two attached hydrogens (primary N) is 1. The first-order valence-corrected chi connectivity index (χ1v) is 6.60. The van der Waals surface area contributed by atoms with Crippen LogP contribution in [0.4, 0.5) is 0 Å². The molecule has 0 aliphatic carbocycles. The topological polar surface area (TPSA) is 78.6 Å². The summed E-state index contributed by atoms with van der Waals surface area (Å²) in [5.41, 5.74) is 5.64. The van der Waals surface area contributed by atoms with Crippen molar-refractivity contribution in [3.05, 3.63) is 29.8 Å². The number of rotatable bonds is 3. The van der Waals surface area contributed by atoms with Gasteiger partial charge >= 0.3 is 0 Å². The average Bonchev–Trinajstić information content (AvgIpc) is 2.67. The first-order valence-electron chi connectivity index (χ1n) is 6.60. The van der Waals surface area contributed by atoms with Crippen molar-refractivity contribution in [2.45, 2.75) is 18.9 Å². The van der Waals surface area contributed by atoms with E-state index in [1.807, 2.05) is 6.92 Å². The van der Waals surface area contributed by atoms with Gasteiger partial charge in [0.1, 0.15) is 11.3 Å². The Hall–Kier alpha value is -1.59. The van der Waals surface area contributed by atoms with E-state index in [-0.39, 0.29) is 11.7 Å². The van der Waals surface area contributed by atoms with E-state index >= 15 is 0 Å². The third-order valence-electron chi connectivity index (χ3n) is 3.88. The van der Waals surface area contributed by atoms with E-state index in [0.717, 1.165) is 38.2 Å². The molecule has 1 atom stereocenters. The maximum Gasteiger partial charge on any atom is 0.242 e. The van der Waals surface area contributed by atoms with E-state index in [0.29, 0.717) is 0 Å². The number of benzene rings is 1. The third-order valence-corrected chi connectivity index (χ3v) is 3.88. The quantitative estimate of drug-likeness (QED) is 0.737. The number of aromatic hydroxyl groups is 1. The summed E-state index contributed by atoms with van der Waals surface area (Å²) in [6, 6.07) is 6.70. The van der Waals surface area contributed by atoms with Crippen LogP contribution in [0.2, 0.25) is 0 Å². The van der Waals surface area contributed by atoms with Crippen LogP contribution in [-0.2, 0) is 10.3 Å². The van der Waals surface area contributed by atoms with Gasteiger partial charge in [-0.2, -0.15) is 0 Å². The van der Waals surface area contributed by atoms with Crippen molar-refractivity contribution in [1.29, 1.82) is 0 Å². The molecule has 0 bridgehead atoms. The Kier molecular flexibility index (Phi) is 4.07. The lowest BCUT2D eigenvalue weighted by molar-refractivity contribution is -0.130. The van der Waals surface area contributed by atoms with Gasteiger partial charge in [0.25, 0.3) is 0 Å². The molecule has 104 valence electrons. The van der Waals surface area contributed by atoms with E-state index in [1.165, 1.54) is 0 Å². The second-order valence-electron chi connectivity index (χ2n) is 5.07. The zero-order valence-corrected chi connectivity index (χ0v) is 11.2. The molecule has 5 nitrogen and oxygen atoms in total. The largest absolute Gasteiger partial charge is 0.508 e. The zero-order chi connectivity index (χ0) is 13.9. The second kappa shape index (κ2) is 5.59. The highest BCUT2D eigenvalue weighted by Crippen LogP contribution is 2.29.